The number of carbonyl (C=O) groups is 2. The molecule has 2 unspecified atom stereocenters. The lowest BCUT2D eigenvalue weighted by atomic mass is 9.83. The monoisotopic (exact) mass is 777 g/mol. The Labute approximate surface area is 318 Å². The van der Waals surface area contributed by atoms with E-state index in [0.717, 1.165) is 61.4 Å². The van der Waals surface area contributed by atoms with E-state index in [2.05, 4.69) is 25.5 Å². The van der Waals surface area contributed by atoms with Crippen molar-refractivity contribution in [3.8, 4) is 0 Å². The van der Waals surface area contributed by atoms with Crippen LogP contribution in [0.1, 0.15) is 90.3 Å². The molecule has 2 saturated heterocycles. The number of rotatable bonds is 7. The Kier molecular flexibility index (Phi) is 9.93. The van der Waals surface area contributed by atoms with Gasteiger partial charge in [0.25, 0.3) is 5.91 Å². The SMILES string of the molecule is Cc1cc2nn(C3CCC(CN4CC[C@@H](c5cccc6c5n(C)c(=O)n6C5CCC(=O)NC5O)[C@H](F)C4)CC3)cc2cc1NC(=O)c1cncc(C(F)(F)F)n1. The summed E-state index contributed by atoms with van der Waals surface area (Å²) in [6.45, 7) is 3.61. The zero-order chi connectivity index (χ0) is 39.5. The molecule has 8 rings (SSSR count). The molecule has 3 aromatic heterocycles. The average molecular weight is 778 g/mol. The molecule has 5 heterocycles. The third-order valence-corrected chi connectivity index (χ3v) is 11.8. The second-order valence-corrected chi connectivity index (χ2v) is 15.5. The Hall–Kier alpha value is -5.16. The molecule has 296 valence electrons. The minimum absolute atomic E-state index is 0.169. The van der Waals surface area contributed by atoms with E-state index in [9.17, 15) is 32.7 Å². The van der Waals surface area contributed by atoms with Crippen LogP contribution in [0.15, 0.2) is 53.7 Å². The van der Waals surface area contributed by atoms with Crippen LogP contribution in [-0.4, -0.2) is 82.7 Å². The molecule has 3 aliphatic rings. The molecule has 17 heteroatoms. The molecule has 2 aromatic carbocycles. The number of fused-ring (bicyclic) bond motifs is 2. The number of aliphatic hydroxyl groups excluding tert-OH is 1. The van der Waals surface area contributed by atoms with Crippen molar-refractivity contribution >= 4 is 39.4 Å². The Morgan fingerprint density at radius 2 is 1.86 bits per heavy atom. The minimum atomic E-state index is -4.72. The number of anilines is 1. The Morgan fingerprint density at radius 3 is 2.59 bits per heavy atom. The van der Waals surface area contributed by atoms with Gasteiger partial charge in [-0.2, -0.15) is 18.3 Å². The van der Waals surface area contributed by atoms with Gasteiger partial charge in [-0.05, 0) is 87.2 Å². The molecule has 1 saturated carbocycles. The number of aryl methyl sites for hydroxylation is 2. The number of piperidine rings is 2. The van der Waals surface area contributed by atoms with E-state index in [0.29, 0.717) is 53.8 Å². The maximum Gasteiger partial charge on any atom is 0.434 e. The van der Waals surface area contributed by atoms with Crippen molar-refractivity contribution in [3.05, 3.63) is 81.9 Å². The first kappa shape index (κ1) is 37.7. The molecule has 56 heavy (non-hydrogen) atoms. The zero-order valence-corrected chi connectivity index (χ0v) is 31.0. The number of imidazole rings is 1. The quantitative estimate of drug-likeness (QED) is 0.186. The molecule has 4 atom stereocenters. The number of aliphatic hydroxyl groups is 1. The molecular weight excluding hydrogens is 734 g/mol. The summed E-state index contributed by atoms with van der Waals surface area (Å²) >= 11 is 0. The molecule has 0 bridgehead atoms. The average Bonchev–Trinajstić information content (AvgIpc) is 3.69. The second kappa shape index (κ2) is 14.7. The van der Waals surface area contributed by atoms with Crippen LogP contribution in [0.4, 0.5) is 23.2 Å². The largest absolute Gasteiger partial charge is 0.434 e. The van der Waals surface area contributed by atoms with Gasteiger partial charge in [-0.1, -0.05) is 12.1 Å². The highest BCUT2D eigenvalue weighted by atomic mass is 19.4. The third kappa shape index (κ3) is 7.17. The third-order valence-electron chi connectivity index (χ3n) is 11.8. The summed E-state index contributed by atoms with van der Waals surface area (Å²) in [5.74, 6) is -1.04. The number of para-hydroxylation sites is 1. The zero-order valence-electron chi connectivity index (χ0n) is 31.0. The van der Waals surface area contributed by atoms with Crippen LogP contribution in [0.3, 0.4) is 0 Å². The van der Waals surface area contributed by atoms with Crippen LogP contribution in [0.2, 0.25) is 0 Å². The molecule has 2 amide bonds. The van der Waals surface area contributed by atoms with Gasteiger partial charge in [0, 0.05) is 49.7 Å². The summed E-state index contributed by atoms with van der Waals surface area (Å²) in [6, 6.07) is 8.69. The number of benzene rings is 2. The standard InChI is InChI=1S/C39H43F4N9O4/c1-21-14-29-23(15-28(21)46-36(54)30-16-44-17-33(45-30)39(41,42)43)19-51(48-29)24-8-6-22(7-9-24)18-50-13-12-25(27(40)20-50)26-4-3-5-31-35(26)49(2)38(56)52(31)32-10-11-34(53)47-37(32)55/h3-5,14-17,19,22,24-25,27,32,37,55H,6-13,18,20H2,1-2H3,(H,46,54)(H,47,53)/t22?,24?,25-,27+,32?,37?/m0/s1. The van der Waals surface area contributed by atoms with Gasteiger partial charge in [0.15, 0.2) is 5.69 Å². The van der Waals surface area contributed by atoms with Crippen LogP contribution in [0, 0.1) is 12.8 Å². The van der Waals surface area contributed by atoms with Crippen molar-refractivity contribution in [2.45, 2.75) is 88.4 Å². The minimum Gasteiger partial charge on any atom is -0.372 e. The molecule has 0 spiro atoms. The Morgan fingerprint density at radius 1 is 1.07 bits per heavy atom. The van der Waals surface area contributed by atoms with Gasteiger partial charge in [-0.25, -0.2) is 14.2 Å². The van der Waals surface area contributed by atoms with Crippen molar-refractivity contribution in [2.24, 2.45) is 13.0 Å². The van der Waals surface area contributed by atoms with Gasteiger partial charge in [0.2, 0.25) is 5.91 Å². The first-order valence-corrected chi connectivity index (χ1v) is 19.0. The molecule has 13 nitrogen and oxygen atoms in total. The molecule has 1 aliphatic carbocycles. The molecule has 3 fully saturated rings. The molecule has 0 radical (unpaired) electrons. The van der Waals surface area contributed by atoms with E-state index in [1.54, 1.807) is 20.0 Å². The summed E-state index contributed by atoms with van der Waals surface area (Å²) in [7, 11) is 1.67. The van der Waals surface area contributed by atoms with Crippen LogP contribution in [0.25, 0.3) is 21.9 Å². The van der Waals surface area contributed by atoms with Crippen LogP contribution >= 0.6 is 0 Å². The maximum atomic E-state index is 16.1. The number of amides is 2. The normalized spacial score (nSPS) is 25.1. The summed E-state index contributed by atoms with van der Waals surface area (Å²) in [4.78, 5) is 47.2. The van der Waals surface area contributed by atoms with Crippen LogP contribution in [-0.2, 0) is 18.0 Å². The number of nitrogens with zero attached hydrogens (tertiary/aromatic N) is 7. The lowest BCUT2D eigenvalue weighted by Crippen LogP contribution is -2.47. The first-order valence-electron chi connectivity index (χ1n) is 19.0. The fourth-order valence-electron chi connectivity index (χ4n) is 8.89. The van der Waals surface area contributed by atoms with Gasteiger partial charge >= 0.3 is 11.9 Å². The van der Waals surface area contributed by atoms with Gasteiger partial charge in [0.05, 0.1) is 41.0 Å². The highest BCUT2D eigenvalue weighted by Gasteiger charge is 2.37. The number of nitrogens with one attached hydrogen (secondary N) is 2. The summed E-state index contributed by atoms with van der Waals surface area (Å²) in [5, 5.41) is 21.4. The van der Waals surface area contributed by atoms with Crippen LogP contribution in [0.5, 0.6) is 0 Å². The number of carbonyl (C=O) groups excluding carboxylic acids is 2. The molecule has 3 N–H and O–H groups in total. The number of aromatic nitrogens is 6. The Balaban J connectivity index is 0.883. The summed E-state index contributed by atoms with van der Waals surface area (Å²) < 4.78 is 60.4. The van der Waals surface area contributed by atoms with E-state index in [4.69, 9.17) is 5.10 Å². The summed E-state index contributed by atoms with van der Waals surface area (Å²) in [5.41, 5.74) is 1.95. The van der Waals surface area contributed by atoms with Crippen molar-refractivity contribution < 1.29 is 32.3 Å². The first-order chi connectivity index (χ1) is 26.7. The smallest absolute Gasteiger partial charge is 0.372 e. The van der Waals surface area contributed by atoms with Crippen molar-refractivity contribution in [2.75, 3.05) is 25.0 Å². The fraction of sp³-hybridized carbons (Fsp3) is 0.487. The van der Waals surface area contributed by atoms with E-state index in [-0.39, 0.29) is 30.0 Å². The maximum absolute atomic E-state index is 16.1. The topological polar surface area (TPSA) is 152 Å². The number of hydrogen-bond acceptors (Lipinski definition) is 8. The van der Waals surface area contributed by atoms with Gasteiger partial charge in [-0.15, -0.1) is 0 Å². The predicted octanol–water partition coefficient (Wildman–Crippen LogP) is 5.39. The number of hydrogen-bond donors (Lipinski definition) is 3. The van der Waals surface area contributed by atoms with E-state index in [1.165, 1.54) is 9.13 Å². The molecule has 2 aliphatic heterocycles. The van der Waals surface area contributed by atoms with Crippen molar-refractivity contribution in [1.29, 1.82) is 0 Å². The number of likely N-dealkylation sites (tertiary alicyclic amines) is 1. The number of halogens is 4. The fourth-order valence-corrected chi connectivity index (χ4v) is 8.89. The lowest BCUT2D eigenvalue weighted by Gasteiger charge is -2.38. The highest BCUT2D eigenvalue weighted by molar-refractivity contribution is 6.04. The van der Waals surface area contributed by atoms with E-state index >= 15 is 4.39 Å². The van der Waals surface area contributed by atoms with E-state index in [1.807, 2.05) is 35.1 Å². The molecular formula is C39H43F4N9O4. The highest BCUT2D eigenvalue weighted by Crippen LogP contribution is 2.38. The van der Waals surface area contributed by atoms with Gasteiger partial charge in [0.1, 0.15) is 18.1 Å². The van der Waals surface area contributed by atoms with E-state index < -0.39 is 41.9 Å². The van der Waals surface area contributed by atoms with Gasteiger partial charge < -0.3 is 20.6 Å². The lowest BCUT2D eigenvalue weighted by molar-refractivity contribution is -0.141. The Bertz CT molecular complexity index is 2360. The predicted molar refractivity (Wildman–Crippen MR) is 199 cm³/mol. The van der Waals surface area contributed by atoms with Gasteiger partial charge in [-0.3, -0.25) is 28.4 Å². The number of alkyl halides is 4. The summed E-state index contributed by atoms with van der Waals surface area (Å²) in [6.07, 6.45) is 1.31. The second-order valence-electron chi connectivity index (χ2n) is 15.5. The van der Waals surface area contributed by atoms with Crippen LogP contribution < -0.4 is 16.3 Å². The van der Waals surface area contributed by atoms with Crippen molar-refractivity contribution in [3.63, 3.8) is 0 Å². The molecule has 5 aromatic rings. The van der Waals surface area contributed by atoms with Crippen molar-refractivity contribution in [1.82, 2.24) is 39.1 Å².